The molecule has 25 heavy (non-hydrogen) atoms. The van der Waals surface area contributed by atoms with Gasteiger partial charge in [-0.2, -0.15) is 0 Å². The Morgan fingerprint density at radius 1 is 1.16 bits per heavy atom. The highest BCUT2D eigenvalue weighted by atomic mass is 32.1. The lowest BCUT2D eigenvalue weighted by atomic mass is 10.1. The number of H-pyrrole nitrogens is 1. The molecule has 0 aliphatic heterocycles. The van der Waals surface area contributed by atoms with E-state index < -0.39 is 0 Å². The van der Waals surface area contributed by atoms with E-state index in [1.807, 2.05) is 24.3 Å². The summed E-state index contributed by atoms with van der Waals surface area (Å²) in [4.78, 5) is 29.8. The number of nitrogens with one attached hydrogen (secondary N) is 2. The summed E-state index contributed by atoms with van der Waals surface area (Å²) in [5, 5.41) is 12.5. The third-order valence-electron chi connectivity index (χ3n) is 3.68. The number of carbonyl (C=O) groups excluding carboxylic acids is 1. The van der Waals surface area contributed by atoms with Gasteiger partial charge in [0.15, 0.2) is 0 Å². The number of aromatic hydroxyl groups is 1. The zero-order valence-electron chi connectivity index (χ0n) is 13.4. The van der Waals surface area contributed by atoms with Crippen LogP contribution in [-0.2, 0) is 12.8 Å². The predicted octanol–water partition coefficient (Wildman–Crippen LogP) is 2.10. The van der Waals surface area contributed by atoms with Crippen LogP contribution in [0.3, 0.4) is 0 Å². The van der Waals surface area contributed by atoms with Gasteiger partial charge in [0.2, 0.25) is 5.88 Å². The molecule has 0 fully saturated rings. The maximum atomic E-state index is 11.9. The van der Waals surface area contributed by atoms with Crippen LogP contribution in [0.1, 0.15) is 26.5 Å². The smallest absolute Gasteiger partial charge is 0.307 e. The number of carbonyl (C=O) groups is 1. The van der Waals surface area contributed by atoms with Crippen LogP contribution in [0.2, 0.25) is 0 Å². The summed E-state index contributed by atoms with van der Waals surface area (Å²) in [6, 6.07) is 13.1. The molecule has 7 heteroatoms. The lowest BCUT2D eigenvalue weighted by molar-refractivity contribution is 0.0949. The molecule has 1 aromatic carbocycles. The third-order valence-corrected chi connectivity index (χ3v) is 4.56. The van der Waals surface area contributed by atoms with Gasteiger partial charge in [-0.15, -0.1) is 0 Å². The number of aromatic nitrogens is 2. The normalized spacial score (nSPS) is 10.6. The number of hydrogen-bond donors (Lipinski definition) is 3. The molecule has 3 aromatic rings. The maximum absolute atomic E-state index is 11.9. The van der Waals surface area contributed by atoms with E-state index >= 15 is 0 Å². The fourth-order valence-corrected chi connectivity index (χ4v) is 3.15. The summed E-state index contributed by atoms with van der Waals surface area (Å²) in [6.45, 7) is 0.523. The van der Waals surface area contributed by atoms with Gasteiger partial charge in [0.25, 0.3) is 5.91 Å². The highest BCUT2D eigenvalue weighted by Gasteiger charge is 2.08. The predicted molar refractivity (Wildman–Crippen MR) is 96.1 cm³/mol. The third kappa shape index (κ3) is 4.54. The first-order valence-electron chi connectivity index (χ1n) is 7.80. The van der Waals surface area contributed by atoms with Crippen LogP contribution in [0.5, 0.6) is 5.88 Å². The Morgan fingerprint density at radius 3 is 2.56 bits per heavy atom. The van der Waals surface area contributed by atoms with E-state index in [1.165, 1.54) is 0 Å². The van der Waals surface area contributed by atoms with Crippen LogP contribution in [0.15, 0.2) is 53.5 Å². The van der Waals surface area contributed by atoms with Crippen LogP contribution >= 0.6 is 11.3 Å². The molecule has 2 heterocycles. The van der Waals surface area contributed by atoms with Gasteiger partial charge < -0.3 is 10.4 Å². The van der Waals surface area contributed by atoms with E-state index in [0.29, 0.717) is 30.0 Å². The van der Waals surface area contributed by atoms with Crippen molar-refractivity contribution in [1.29, 1.82) is 0 Å². The van der Waals surface area contributed by atoms with E-state index in [2.05, 4.69) is 15.3 Å². The van der Waals surface area contributed by atoms with Crippen molar-refractivity contribution in [3.05, 3.63) is 80.0 Å². The Balaban J connectivity index is 1.52. The fourth-order valence-electron chi connectivity index (χ4n) is 2.39. The number of benzene rings is 1. The van der Waals surface area contributed by atoms with Gasteiger partial charge in [-0.25, -0.2) is 0 Å². The molecule has 0 saturated heterocycles. The molecule has 0 aliphatic carbocycles. The minimum Gasteiger partial charge on any atom is -0.494 e. The molecule has 0 saturated carbocycles. The van der Waals surface area contributed by atoms with Crippen molar-refractivity contribution in [3.63, 3.8) is 0 Å². The SMILES string of the molecule is O=C(NCCc1ccc(Cc2sc(=O)[nH]c2O)cc1)c1ccccn1. The highest BCUT2D eigenvalue weighted by Crippen LogP contribution is 2.20. The fraction of sp³-hybridized carbons (Fsp3) is 0.167. The summed E-state index contributed by atoms with van der Waals surface area (Å²) in [5.41, 5.74) is 2.51. The largest absolute Gasteiger partial charge is 0.494 e. The van der Waals surface area contributed by atoms with Crippen LogP contribution in [0.4, 0.5) is 0 Å². The van der Waals surface area contributed by atoms with Gasteiger partial charge in [-0.05, 0) is 29.7 Å². The second-order valence-electron chi connectivity index (χ2n) is 5.50. The number of thiazole rings is 1. The van der Waals surface area contributed by atoms with E-state index in [1.54, 1.807) is 24.4 Å². The topological polar surface area (TPSA) is 95.1 Å². The molecule has 0 aliphatic rings. The second-order valence-corrected chi connectivity index (χ2v) is 6.57. The molecular formula is C18H17N3O3S. The van der Waals surface area contributed by atoms with Crippen molar-refractivity contribution in [2.75, 3.05) is 6.54 Å². The van der Waals surface area contributed by atoms with Crippen LogP contribution in [0, 0.1) is 0 Å². The van der Waals surface area contributed by atoms with Crippen LogP contribution < -0.4 is 10.2 Å². The Hall–Kier alpha value is -2.93. The number of amides is 1. The first-order chi connectivity index (χ1) is 12.1. The summed E-state index contributed by atoms with van der Waals surface area (Å²) >= 11 is 1.01. The van der Waals surface area contributed by atoms with E-state index in [4.69, 9.17) is 0 Å². The summed E-state index contributed by atoms with van der Waals surface area (Å²) in [5.74, 6) is -0.244. The van der Waals surface area contributed by atoms with Crippen molar-refractivity contribution >= 4 is 17.2 Å². The Bertz CT molecular complexity index is 901. The summed E-state index contributed by atoms with van der Waals surface area (Å²) in [6.07, 6.45) is 2.81. The summed E-state index contributed by atoms with van der Waals surface area (Å²) in [7, 11) is 0. The molecule has 6 nitrogen and oxygen atoms in total. The molecule has 0 spiro atoms. The zero-order valence-corrected chi connectivity index (χ0v) is 14.2. The molecule has 2 aromatic heterocycles. The lowest BCUT2D eigenvalue weighted by Gasteiger charge is -2.06. The average molecular weight is 355 g/mol. The standard InChI is InChI=1S/C18H17N3O3S/c22-16(14-3-1-2-9-19-14)20-10-8-12-4-6-13(7-5-12)11-15-17(23)21-18(24)25-15/h1-7,9,23H,8,10-11H2,(H,20,22)(H,21,24). The Labute approximate surface area is 148 Å². The quantitative estimate of drug-likeness (QED) is 0.631. The minimum atomic E-state index is -0.257. The number of rotatable bonds is 6. The lowest BCUT2D eigenvalue weighted by Crippen LogP contribution is -2.26. The maximum Gasteiger partial charge on any atom is 0.307 e. The molecule has 3 rings (SSSR count). The Morgan fingerprint density at radius 2 is 1.92 bits per heavy atom. The summed E-state index contributed by atoms with van der Waals surface area (Å²) < 4.78 is 0. The van der Waals surface area contributed by atoms with Gasteiger partial charge in [0.1, 0.15) is 5.69 Å². The number of pyridine rings is 1. The number of aromatic amines is 1. The van der Waals surface area contributed by atoms with Crippen molar-refractivity contribution in [1.82, 2.24) is 15.3 Å². The van der Waals surface area contributed by atoms with Gasteiger partial charge in [-0.3, -0.25) is 19.6 Å². The molecule has 1 amide bonds. The molecule has 128 valence electrons. The first-order valence-corrected chi connectivity index (χ1v) is 8.61. The monoisotopic (exact) mass is 355 g/mol. The van der Waals surface area contributed by atoms with E-state index in [-0.39, 0.29) is 16.7 Å². The van der Waals surface area contributed by atoms with E-state index in [9.17, 15) is 14.7 Å². The molecule has 0 bridgehead atoms. The van der Waals surface area contributed by atoms with Gasteiger partial charge >= 0.3 is 4.87 Å². The minimum absolute atomic E-state index is 0.0590. The van der Waals surface area contributed by atoms with Crippen molar-refractivity contribution in [2.45, 2.75) is 12.8 Å². The Kier molecular flexibility index (Phi) is 5.25. The van der Waals surface area contributed by atoms with E-state index in [0.717, 1.165) is 22.5 Å². The van der Waals surface area contributed by atoms with Gasteiger partial charge in [0, 0.05) is 19.2 Å². The molecular weight excluding hydrogens is 338 g/mol. The molecule has 3 N–H and O–H groups in total. The second kappa shape index (κ2) is 7.76. The van der Waals surface area contributed by atoms with Crippen LogP contribution in [0.25, 0.3) is 0 Å². The average Bonchev–Trinajstić information content (AvgIpc) is 2.94. The van der Waals surface area contributed by atoms with Crippen molar-refractivity contribution < 1.29 is 9.90 Å². The zero-order chi connectivity index (χ0) is 17.6. The van der Waals surface area contributed by atoms with Gasteiger partial charge in [-0.1, -0.05) is 41.7 Å². The van der Waals surface area contributed by atoms with Crippen molar-refractivity contribution in [3.8, 4) is 5.88 Å². The number of nitrogens with zero attached hydrogens (tertiary/aromatic N) is 1. The van der Waals surface area contributed by atoms with Gasteiger partial charge in [0.05, 0.1) is 4.88 Å². The van der Waals surface area contributed by atoms with Crippen molar-refractivity contribution in [2.24, 2.45) is 0 Å². The number of hydrogen-bond acceptors (Lipinski definition) is 5. The first kappa shape index (κ1) is 16.9. The molecule has 0 radical (unpaired) electrons. The molecule has 0 unspecified atom stereocenters. The molecule has 0 atom stereocenters. The highest BCUT2D eigenvalue weighted by molar-refractivity contribution is 7.09. The van der Waals surface area contributed by atoms with Crippen LogP contribution in [-0.4, -0.2) is 27.5 Å².